The van der Waals surface area contributed by atoms with Crippen molar-refractivity contribution in [2.75, 3.05) is 11.9 Å². The van der Waals surface area contributed by atoms with E-state index < -0.39 is 0 Å². The van der Waals surface area contributed by atoms with E-state index >= 15 is 0 Å². The Hall–Kier alpha value is -0.320. The maximum atomic E-state index is 5.97. The van der Waals surface area contributed by atoms with E-state index in [2.05, 4.69) is 40.1 Å². The van der Waals surface area contributed by atoms with E-state index in [4.69, 9.17) is 16.3 Å². The van der Waals surface area contributed by atoms with E-state index in [0.29, 0.717) is 23.1 Å². The van der Waals surface area contributed by atoms with Crippen molar-refractivity contribution in [1.29, 1.82) is 0 Å². The van der Waals surface area contributed by atoms with Crippen LogP contribution in [-0.4, -0.2) is 23.7 Å². The summed E-state index contributed by atoms with van der Waals surface area (Å²) in [4.78, 5) is 4.19. The van der Waals surface area contributed by atoms with Crippen LogP contribution < -0.4 is 5.32 Å². The maximum absolute atomic E-state index is 5.97. The van der Waals surface area contributed by atoms with Gasteiger partial charge in [0, 0.05) is 18.8 Å². The molecule has 0 aromatic carbocycles. The Kier molecular flexibility index (Phi) is 4.87. The zero-order chi connectivity index (χ0) is 13.1. The lowest BCUT2D eigenvalue weighted by atomic mass is 9.95. The molecule has 1 fully saturated rings. The van der Waals surface area contributed by atoms with Gasteiger partial charge < -0.3 is 10.1 Å². The molecule has 1 N–H and O–H groups in total. The smallest absolute Gasteiger partial charge is 0.129 e. The van der Waals surface area contributed by atoms with Crippen molar-refractivity contribution in [1.82, 2.24) is 4.98 Å². The fraction of sp³-hybridized carbons (Fsp3) is 0.615. The zero-order valence-corrected chi connectivity index (χ0v) is 13.0. The van der Waals surface area contributed by atoms with Crippen LogP contribution in [0.3, 0.4) is 0 Å². The summed E-state index contributed by atoms with van der Waals surface area (Å²) in [6.45, 7) is 5.21. The summed E-state index contributed by atoms with van der Waals surface area (Å²) in [6.07, 6.45) is 4.01. The van der Waals surface area contributed by atoms with Crippen LogP contribution in [0, 0.1) is 5.92 Å². The average Bonchev–Trinajstić information content (AvgIpc) is 2.34. The average molecular weight is 334 g/mol. The fourth-order valence-corrected chi connectivity index (χ4v) is 2.66. The van der Waals surface area contributed by atoms with Gasteiger partial charge in [0.1, 0.15) is 4.60 Å². The van der Waals surface area contributed by atoms with Crippen LogP contribution in [0.5, 0.6) is 0 Å². The third kappa shape index (κ3) is 3.59. The summed E-state index contributed by atoms with van der Waals surface area (Å²) >= 11 is 9.40. The molecule has 0 spiro atoms. The van der Waals surface area contributed by atoms with Gasteiger partial charge in [-0.25, -0.2) is 4.98 Å². The lowest BCUT2D eigenvalue weighted by Crippen LogP contribution is -2.36. The predicted octanol–water partition coefficient (Wildman–Crippen LogP) is 4.11. The second-order valence-electron chi connectivity index (χ2n) is 5.01. The Labute approximate surface area is 121 Å². The molecule has 2 atom stereocenters. The Balaban J connectivity index is 2.02. The summed E-state index contributed by atoms with van der Waals surface area (Å²) < 4.78 is 6.57. The van der Waals surface area contributed by atoms with Crippen LogP contribution >= 0.6 is 27.5 Å². The molecule has 2 rings (SSSR count). The normalized spacial score (nSPS) is 24.3. The molecule has 1 saturated heterocycles. The third-order valence-electron chi connectivity index (χ3n) is 3.22. The summed E-state index contributed by atoms with van der Waals surface area (Å²) in [5.41, 5.74) is 0.955. The largest absolute Gasteiger partial charge is 0.380 e. The standard InChI is InChI=1S/C13H18BrClN2O/c1-8(2)12-6-10(3-4-18-12)17-11-5-9(15)7-16-13(11)14/h5,7-8,10,12,17H,3-4,6H2,1-2H3. The number of hydrogen-bond acceptors (Lipinski definition) is 3. The summed E-state index contributed by atoms with van der Waals surface area (Å²) in [5.74, 6) is 0.551. The number of anilines is 1. The molecular formula is C13H18BrClN2O. The molecule has 3 nitrogen and oxygen atoms in total. The highest BCUT2D eigenvalue weighted by Crippen LogP contribution is 2.27. The first-order chi connectivity index (χ1) is 8.56. The first-order valence-electron chi connectivity index (χ1n) is 6.25. The van der Waals surface area contributed by atoms with Crippen LogP contribution in [0.25, 0.3) is 0 Å². The minimum Gasteiger partial charge on any atom is -0.380 e. The second-order valence-corrected chi connectivity index (χ2v) is 6.20. The highest BCUT2D eigenvalue weighted by Gasteiger charge is 2.25. The molecule has 1 aliphatic heterocycles. The van der Waals surface area contributed by atoms with Crippen molar-refractivity contribution in [2.24, 2.45) is 5.92 Å². The van der Waals surface area contributed by atoms with Gasteiger partial charge in [-0.15, -0.1) is 0 Å². The van der Waals surface area contributed by atoms with Crippen molar-refractivity contribution in [3.63, 3.8) is 0 Å². The molecule has 5 heteroatoms. The van der Waals surface area contributed by atoms with Gasteiger partial charge in [-0.3, -0.25) is 0 Å². The highest BCUT2D eigenvalue weighted by atomic mass is 79.9. The number of pyridine rings is 1. The van der Waals surface area contributed by atoms with E-state index in [1.54, 1.807) is 6.20 Å². The van der Waals surface area contributed by atoms with E-state index in [1.807, 2.05) is 6.07 Å². The van der Waals surface area contributed by atoms with Crippen molar-refractivity contribution >= 4 is 33.2 Å². The monoisotopic (exact) mass is 332 g/mol. The summed E-state index contributed by atoms with van der Waals surface area (Å²) in [5, 5.41) is 4.15. The molecule has 1 aliphatic rings. The summed E-state index contributed by atoms with van der Waals surface area (Å²) in [6, 6.07) is 2.32. The summed E-state index contributed by atoms with van der Waals surface area (Å²) in [7, 11) is 0. The minimum absolute atomic E-state index is 0.335. The molecule has 0 radical (unpaired) electrons. The molecule has 2 unspecified atom stereocenters. The number of aromatic nitrogens is 1. The molecule has 0 amide bonds. The molecule has 18 heavy (non-hydrogen) atoms. The number of nitrogens with one attached hydrogen (secondary N) is 1. The van der Waals surface area contributed by atoms with E-state index in [0.717, 1.165) is 29.7 Å². The highest BCUT2D eigenvalue weighted by molar-refractivity contribution is 9.10. The van der Waals surface area contributed by atoms with Gasteiger partial charge in [0.2, 0.25) is 0 Å². The van der Waals surface area contributed by atoms with Crippen LogP contribution in [0.2, 0.25) is 5.02 Å². The van der Waals surface area contributed by atoms with Crippen molar-refractivity contribution < 1.29 is 4.74 Å². The van der Waals surface area contributed by atoms with E-state index in [-0.39, 0.29) is 0 Å². The lowest BCUT2D eigenvalue weighted by Gasteiger charge is -2.33. The Morgan fingerprint density at radius 1 is 1.56 bits per heavy atom. The van der Waals surface area contributed by atoms with Gasteiger partial charge in [0.05, 0.1) is 16.8 Å². The molecule has 1 aromatic heterocycles. The van der Waals surface area contributed by atoms with Crippen molar-refractivity contribution in [3.8, 4) is 0 Å². The van der Waals surface area contributed by atoms with Gasteiger partial charge >= 0.3 is 0 Å². The van der Waals surface area contributed by atoms with Crippen LogP contribution in [-0.2, 0) is 4.74 Å². The third-order valence-corrected chi connectivity index (χ3v) is 4.06. The van der Waals surface area contributed by atoms with E-state index in [9.17, 15) is 0 Å². The van der Waals surface area contributed by atoms with Gasteiger partial charge in [-0.2, -0.15) is 0 Å². The van der Waals surface area contributed by atoms with Gasteiger partial charge in [-0.1, -0.05) is 25.4 Å². The zero-order valence-electron chi connectivity index (χ0n) is 10.6. The Morgan fingerprint density at radius 2 is 2.33 bits per heavy atom. The van der Waals surface area contributed by atoms with Gasteiger partial charge in [0.15, 0.2) is 0 Å². The molecule has 100 valence electrons. The van der Waals surface area contributed by atoms with Crippen LogP contribution in [0.4, 0.5) is 5.69 Å². The number of nitrogens with zero attached hydrogens (tertiary/aromatic N) is 1. The SMILES string of the molecule is CC(C)C1CC(Nc2cc(Cl)cnc2Br)CCO1. The number of rotatable bonds is 3. The van der Waals surface area contributed by atoms with E-state index in [1.165, 1.54) is 0 Å². The molecular weight excluding hydrogens is 316 g/mol. The maximum Gasteiger partial charge on any atom is 0.129 e. The van der Waals surface area contributed by atoms with Crippen molar-refractivity contribution in [2.45, 2.75) is 38.8 Å². The first kappa shape index (κ1) is 14.1. The van der Waals surface area contributed by atoms with Crippen LogP contribution in [0.15, 0.2) is 16.9 Å². The first-order valence-corrected chi connectivity index (χ1v) is 7.42. The second kappa shape index (κ2) is 6.22. The predicted molar refractivity (Wildman–Crippen MR) is 78.2 cm³/mol. The van der Waals surface area contributed by atoms with Gasteiger partial charge in [-0.05, 0) is 40.8 Å². The number of hydrogen-bond donors (Lipinski definition) is 1. The Bertz CT molecular complexity index is 414. The minimum atomic E-state index is 0.335. The molecule has 0 saturated carbocycles. The van der Waals surface area contributed by atoms with Crippen LogP contribution in [0.1, 0.15) is 26.7 Å². The topological polar surface area (TPSA) is 34.2 Å². The quantitative estimate of drug-likeness (QED) is 0.845. The molecule has 2 heterocycles. The fourth-order valence-electron chi connectivity index (χ4n) is 2.17. The molecule has 1 aromatic rings. The van der Waals surface area contributed by atoms with Gasteiger partial charge in [0.25, 0.3) is 0 Å². The molecule has 0 bridgehead atoms. The number of ether oxygens (including phenoxy) is 1. The molecule has 0 aliphatic carbocycles. The van der Waals surface area contributed by atoms with Crippen molar-refractivity contribution in [3.05, 3.63) is 21.9 Å². The Morgan fingerprint density at radius 3 is 3.06 bits per heavy atom. The number of halogens is 2. The lowest BCUT2D eigenvalue weighted by molar-refractivity contribution is -0.0160.